The molecule has 0 unspecified atom stereocenters. The monoisotopic (exact) mass is 162 g/mol. The summed E-state index contributed by atoms with van der Waals surface area (Å²) in [4.78, 5) is 0. The van der Waals surface area contributed by atoms with Crippen LogP contribution in [0.2, 0.25) is 0 Å². The van der Waals surface area contributed by atoms with E-state index >= 15 is 0 Å². The van der Waals surface area contributed by atoms with Gasteiger partial charge in [-0.15, -0.1) is 0 Å². The third-order valence-electron chi connectivity index (χ3n) is 0.863. The number of hydrogen-bond acceptors (Lipinski definition) is 0. The molecule has 0 saturated carbocycles. The van der Waals surface area contributed by atoms with E-state index in [0.717, 1.165) is 6.08 Å². The number of halogens is 3. The highest BCUT2D eigenvalue weighted by atomic mass is 19.2. The van der Waals surface area contributed by atoms with Crippen molar-refractivity contribution in [2.24, 2.45) is 0 Å². The van der Waals surface area contributed by atoms with Gasteiger partial charge in [0.15, 0.2) is 17.5 Å². The molecule has 0 fully saturated rings. The van der Waals surface area contributed by atoms with Crippen molar-refractivity contribution in [2.75, 3.05) is 0 Å². The van der Waals surface area contributed by atoms with E-state index in [-0.39, 0.29) is 0 Å². The first-order chi connectivity index (χ1) is 4.95. The molecular formula is C8H9F3. The summed E-state index contributed by atoms with van der Waals surface area (Å²) in [5.41, 5.74) is 0.555. The van der Waals surface area contributed by atoms with Crippen LogP contribution in [0.5, 0.6) is 0 Å². The second-order valence-corrected chi connectivity index (χ2v) is 2.29. The van der Waals surface area contributed by atoms with Gasteiger partial charge in [-0.2, -0.15) is 0 Å². The third kappa shape index (κ3) is 3.65. The molecule has 0 aliphatic heterocycles. The minimum atomic E-state index is -1.54. The lowest BCUT2D eigenvalue weighted by Gasteiger charge is -1.92. The van der Waals surface area contributed by atoms with Crippen LogP contribution in [0.1, 0.15) is 13.8 Å². The maximum atomic E-state index is 12.4. The van der Waals surface area contributed by atoms with Gasteiger partial charge in [-0.1, -0.05) is 12.2 Å². The largest absolute Gasteiger partial charge is 0.204 e. The van der Waals surface area contributed by atoms with Gasteiger partial charge >= 0.3 is 0 Å². The van der Waals surface area contributed by atoms with Crippen LogP contribution in [0, 0.1) is 0 Å². The Hall–Kier alpha value is -0.990. The second-order valence-electron chi connectivity index (χ2n) is 2.29. The molecule has 0 spiro atoms. The van der Waals surface area contributed by atoms with Crippen LogP contribution in [-0.4, -0.2) is 0 Å². The van der Waals surface area contributed by atoms with Gasteiger partial charge in [0.05, 0.1) is 0 Å². The molecule has 0 aliphatic rings. The zero-order chi connectivity index (χ0) is 9.02. The molecule has 0 atom stereocenters. The second kappa shape index (κ2) is 4.01. The molecule has 0 aliphatic carbocycles. The molecule has 0 aromatic rings. The van der Waals surface area contributed by atoms with Crippen molar-refractivity contribution >= 4 is 0 Å². The molecular weight excluding hydrogens is 153 g/mol. The van der Waals surface area contributed by atoms with Crippen molar-refractivity contribution in [2.45, 2.75) is 13.8 Å². The third-order valence-corrected chi connectivity index (χ3v) is 0.863. The summed E-state index contributed by atoms with van der Waals surface area (Å²) >= 11 is 0. The maximum absolute atomic E-state index is 12.4. The summed E-state index contributed by atoms with van der Waals surface area (Å²) in [7, 11) is 0. The predicted molar refractivity (Wildman–Crippen MR) is 38.9 cm³/mol. The van der Waals surface area contributed by atoms with Crippen molar-refractivity contribution in [3.05, 3.63) is 35.7 Å². The van der Waals surface area contributed by atoms with Crippen LogP contribution in [0.4, 0.5) is 13.2 Å². The SMILES string of the molecule is C=C(F)/C(F)=C(/F)C=C(C)C. The van der Waals surface area contributed by atoms with E-state index < -0.39 is 17.5 Å². The van der Waals surface area contributed by atoms with Gasteiger partial charge in [-0.05, 0) is 19.9 Å². The van der Waals surface area contributed by atoms with E-state index in [1.165, 1.54) is 0 Å². The van der Waals surface area contributed by atoms with Crippen molar-refractivity contribution in [1.82, 2.24) is 0 Å². The highest BCUT2D eigenvalue weighted by Crippen LogP contribution is 2.18. The average molecular weight is 162 g/mol. The van der Waals surface area contributed by atoms with Crippen LogP contribution in [-0.2, 0) is 0 Å². The molecule has 0 nitrogen and oxygen atoms in total. The molecule has 0 aromatic heterocycles. The van der Waals surface area contributed by atoms with Crippen LogP contribution >= 0.6 is 0 Å². The minimum Gasteiger partial charge on any atom is -0.204 e. The molecule has 0 heterocycles. The fourth-order valence-electron chi connectivity index (χ4n) is 0.446. The zero-order valence-electron chi connectivity index (χ0n) is 6.42. The van der Waals surface area contributed by atoms with Gasteiger partial charge in [-0.3, -0.25) is 0 Å². The van der Waals surface area contributed by atoms with Crippen molar-refractivity contribution < 1.29 is 13.2 Å². The predicted octanol–water partition coefficient (Wildman–Crippen LogP) is 3.59. The first-order valence-electron chi connectivity index (χ1n) is 3.00. The smallest absolute Gasteiger partial charge is 0.193 e. The Morgan fingerprint density at radius 3 is 1.91 bits per heavy atom. The van der Waals surface area contributed by atoms with E-state index in [0.29, 0.717) is 5.57 Å². The Kier molecular flexibility index (Phi) is 3.65. The topological polar surface area (TPSA) is 0 Å². The first kappa shape index (κ1) is 10.0. The number of hydrogen-bond donors (Lipinski definition) is 0. The van der Waals surface area contributed by atoms with Gasteiger partial charge < -0.3 is 0 Å². The molecule has 11 heavy (non-hydrogen) atoms. The van der Waals surface area contributed by atoms with Crippen LogP contribution in [0.3, 0.4) is 0 Å². The fraction of sp³-hybridized carbons (Fsp3) is 0.250. The summed E-state index contributed by atoms with van der Waals surface area (Å²) in [5, 5.41) is 0. The molecule has 0 saturated heterocycles. The normalized spacial score (nSPS) is 12.1. The van der Waals surface area contributed by atoms with Gasteiger partial charge in [0, 0.05) is 0 Å². The van der Waals surface area contributed by atoms with E-state index in [4.69, 9.17) is 0 Å². The van der Waals surface area contributed by atoms with Gasteiger partial charge in [0.2, 0.25) is 0 Å². The first-order valence-corrected chi connectivity index (χ1v) is 3.00. The molecule has 0 aromatic carbocycles. The Morgan fingerprint density at radius 2 is 1.64 bits per heavy atom. The molecule has 0 N–H and O–H groups in total. The zero-order valence-corrected chi connectivity index (χ0v) is 6.42. The molecule has 0 bridgehead atoms. The quantitative estimate of drug-likeness (QED) is 0.544. The highest BCUT2D eigenvalue weighted by Gasteiger charge is 2.06. The van der Waals surface area contributed by atoms with Gasteiger partial charge in [0.1, 0.15) is 0 Å². The standard InChI is InChI=1S/C8H9F3/c1-5(2)4-7(10)8(11)6(3)9/h4H,3H2,1-2H3/b8-7-. The van der Waals surface area contributed by atoms with Crippen molar-refractivity contribution in [1.29, 1.82) is 0 Å². The Bertz CT molecular complexity index is 219. The molecule has 0 radical (unpaired) electrons. The Labute approximate surface area is 63.7 Å². The Morgan fingerprint density at radius 1 is 1.18 bits per heavy atom. The Balaban J connectivity index is 4.68. The maximum Gasteiger partial charge on any atom is 0.193 e. The van der Waals surface area contributed by atoms with Crippen molar-refractivity contribution in [3.63, 3.8) is 0 Å². The summed E-state index contributed by atoms with van der Waals surface area (Å²) in [6, 6.07) is 0. The van der Waals surface area contributed by atoms with Crippen molar-refractivity contribution in [3.8, 4) is 0 Å². The average Bonchev–Trinajstić information content (AvgIpc) is 1.84. The molecule has 0 rings (SSSR count). The van der Waals surface area contributed by atoms with Crippen LogP contribution in [0.15, 0.2) is 35.7 Å². The van der Waals surface area contributed by atoms with E-state index in [1.807, 2.05) is 0 Å². The van der Waals surface area contributed by atoms with E-state index in [9.17, 15) is 13.2 Å². The summed E-state index contributed by atoms with van der Waals surface area (Å²) < 4.78 is 36.6. The van der Waals surface area contributed by atoms with Gasteiger partial charge in [0.25, 0.3) is 0 Å². The fourth-order valence-corrected chi connectivity index (χ4v) is 0.446. The molecule has 0 amide bonds. The summed E-state index contributed by atoms with van der Waals surface area (Å²) in [6.45, 7) is 5.77. The van der Waals surface area contributed by atoms with E-state index in [1.54, 1.807) is 13.8 Å². The van der Waals surface area contributed by atoms with Gasteiger partial charge in [-0.25, -0.2) is 13.2 Å². The number of rotatable bonds is 2. The summed E-state index contributed by atoms with van der Waals surface area (Å²) in [5.74, 6) is -4.15. The lowest BCUT2D eigenvalue weighted by Crippen LogP contribution is -1.78. The number of allylic oxidation sites excluding steroid dienone is 5. The highest BCUT2D eigenvalue weighted by molar-refractivity contribution is 5.27. The van der Waals surface area contributed by atoms with Crippen LogP contribution < -0.4 is 0 Å². The van der Waals surface area contributed by atoms with Crippen LogP contribution in [0.25, 0.3) is 0 Å². The molecule has 62 valence electrons. The minimum absolute atomic E-state index is 0.555. The summed E-state index contributed by atoms with van der Waals surface area (Å²) in [6.07, 6.45) is 0.903. The molecule has 3 heteroatoms. The van der Waals surface area contributed by atoms with E-state index in [2.05, 4.69) is 6.58 Å². The lowest BCUT2D eigenvalue weighted by molar-refractivity contribution is 0.505. The lowest BCUT2D eigenvalue weighted by atomic mass is 10.3.